The van der Waals surface area contributed by atoms with Crippen LogP contribution in [0.15, 0.2) is 32.5 Å². The van der Waals surface area contributed by atoms with E-state index >= 15 is 0 Å². The molecule has 0 aliphatic rings. The predicted molar refractivity (Wildman–Crippen MR) is 95.8 cm³/mol. The van der Waals surface area contributed by atoms with Gasteiger partial charge in [-0.15, -0.1) is 0 Å². The van der Waals surface area contributed by atoms with Crippen molar-refractivity contribution in [3.05, 3.63) is 23.8 Å². The zero-order valence-electron chi connectivity index (χ0n) is 15.3. The fourth-order valence-electron chi connectivity index (χ4n) is 2.04. The summed E-state index contributed by atoms with van der Waals surface area (Å²) in [6.07, 6.45) is 1.17. The number of nitrogens with zero attached hydrogens (tertiary/aromatic N) is 2. The quantitative estimate of drug-likeness (QED) is 0.898. The topological polar surface area (TPSA) is 84.6 Å². The van der Waals surface area contributed by atoms with Crippen molar-refractivity contribution in [3.63, 3.8) is 0 Å². The van der Waals surface area contributed by atoms with Crippen molar-refractivity contribution < 1.29 is 12.8 Å². The van der Waals surface area contributed by atoms with Crippen molar-refractivity contribution in [2.24, 2.45) is 4.99 Å². The summed E-state index contributed by atoms with van der Waals surface area (Å²) in [7, 11) is -3.31. The maximum absolute atomic E-state index is 11.8. The van der Waals surface area contributed by atoms with Gasteiger partial charge in [0.2, 0.25) is 0 Å². The van der Waals surface area contributed by atoms with Crippen molar-refractivity contribution in [1.29, 1.82) is 0 Å². The van der Waals surface area contributed by atoms with Crippen molar-refractivity contribution >= 4 is 26.8 Å². The third kappa shape index (κ3) is 4.80. The number of sulfone groups is 1. The Bertz CT molecular complexity index is 930. The van der Waals surface area contributed by atoms with Crippen molar-refractivity contribution in [2.45, 2.75) is 57.5 Å². The van der Waals surface area contributed by atoms with E-state index < -0.39 is 9.84 Å². The van der Waals surface area contributed by atoms with E-state index in [-0.39, 0.29) is 16.0 Å². The number of nitrogens with one attached hydrogen (secondary N) is 1. The molecule has 0 aliphatic heterocycles. The minimum Gasteiger partial charge on any atom is -0.434 e. The molecule has 0 amide bonds. The number of hydrogen-bond acceptors (Lipinski definition) is 6. The lowest BCUT2D eigenvalue weighted by Gasteiger charge is -2.21. The second-order valence-electron chi connectivity index (χ2n) is 7.93. The Kier molecular flexibility index (Phi) is 4.52. The van der Waals surface area contributed by atoms with Crippen LogP contribution in [0.2, 0.25) is 0 Å². The first-order valence-corrected chi connectivity index (χ1v) is 9.63. The Morgan fingerprint density at radius 2 is 1.75 bits per heavy atom. The highest BCUT2D eigenvalue weighted by Crippen LogP contribution is 2.19. The van der Waals surface area contributed by atoms with E-state index in [2.05, 4.69) is 15.3 Å². The Balaban J connectivity index is 2.77. The van der Waals surface area contributed by atoms with Crippen LogP contribution in [0.1, 0.15) is 41.5 Å². The smallest absolute Gasteiger partial charge is 0.258 e. The van der Waals surface area contributed by atoms with Crippen molar-refractivity contribution in [2.75, 3.05) is 11.6 Å². The van der Waals surface area contributed by atoms with E-state index in [1.54, 1.807) is 6.07 Å². The Morgan fingerprint density at radius 1 is 1.12 bits per heavy atom. The first kappa shape index (κ1) is 18.4. The van der Waals surface area contributed by atoms with Crippen molar-refractivity contribution in [3.8, 4) is 0 Å². The molecule has 0 atom stereocenters. The molecule has 0 aliphatic carbocycles. The average Bonchev–Trinajstić information content (AvgIpc) is 2.34. The van der Waals surface area contributed by atoms with Gasteiger partial charge in [-0.1, -0.05) is 0 Å². The van der Waals surface area contributed by atoms with Crippen LogP contribution in [-0.4, -0.2) is 30.7 Å². The molecule has 0 fully saturated rings. The Morgan fingerprint density at radius 3 is 2.25 bits per heavy atom. The van der Waals surface area contributed by atoms with E-state index in [9.17, 15) is 8.42 Å². The van der Waals surface area contributed by atoms with E-state index in [4.69, 9.17) is 4.42 Å². The van der Waals surface area contributed by atoms with Gasteiger partial charge < -0.3 is 9.73 Å². The summed E-state index contributed by atoms with van der Waals surface area (Å²) in [6.45, 7) is 11.9. The van der Waals surface area contributed by atoms with Crippen LogP contribution in [0.4, 0.5) is 5.82 Å². The molecule has 0 saturated carbocycles. The lowest BCUT2D eigenvalue weighted by molar-refractivity contribution is 0.472. The molecule has 1 N–H and O–H groups in total. The van der Waals surface area contributed by atoms with Crippen LogP contribution < -0.4 is 10.9 Å². The van der Waals surface area contributed by atoms with E-state index in [0.29, 0.717) is 22.5 Å². The van der Waals surface area contributed by atoms with Crippen LogP contribution in [0.5, 0.6) is 0 Å². The van der Waals surface area contributed by atoms with Gasteiger partial charge in [-0.3, -0.25) is 0 Å². The summed E-state index contributed by atoms with van der Waals surface area (Å²) in [5.41, 5.74) is 0.784. The summed E-state index contributed by atoms with van der Waals surface area (Å²) in [4.78, 5) is 9.35. The molecule has 2 rings (SSSR count). The number of aromatic nitrogens is 1. The molecule has 1 heterocycles. The lowest BCUT2D eigenvalue weighted by atomic mass is 10.1. The highest BCUT2D eigenvalue weighted by atomic mass is 32.2. The fraction of sp³-hybridized carbons (Fsp3) is 0.529. The van der Waals surface area contributed by atoms with E-state index in [0.717, 1.165) is 0 Å². The van der Waals surface area contributed by atoms with Crippen LogP contribution in [0.3, 0.4) is 0 Å². The Hall–Kier alpha value is -1.89. The van der Waals surface area contributed by atoms with E-state index in [1.807, 2.05) is 41.5 Å². The van der Waals surface area contributed by atoms with Crippen LogP contribution in [0.25, 0.3) is 11.1 Å². The molecule has 2 aromatic rings. The highest BCUT2D eigenvalue weighted by molar-refractivity contribution is 7.90. The monoisotopic (exact) mass is 351 g/mol. The molecule has 1 aromatic carbocycles. The second kappa shape index (κ2) is 5.88. The van der Waals surface area contributed by atoms with Gasteiger partial charge in [0.15, 0.2) is 21.2 Å². The number of benzene rings is 1. The highest BCUT2D eigenvalue weighted by Gasteiger charge is 2.17. The van der Waals surface area contributed by atoms with Gasteiger partial charge in [0.05, 0.1) is 10.4 Å². The van der Waals surface area contributed by atoms with Crippen LogP contribution in [0, 0.1) is 0 Å². The van der Waals surface area contributed by atoms with Gasteiger partial charge in [-0.05, 0) is 59.7 Å². The number of hydrogen-bond donors (Lipinski definition) is 1. The van der Waals surface area contributed by atoms with Gasteiger partial charge in [0.25, 0.3) is 5.55 Å². The number of fused-ring (bicyclic) bond motifs is 1. The second-order valence-corrected chi connectivity index (χ2v) is 9.94. The molecule has 0 unspecified atom stereocenters. The predicted octanol–water partition coefficient (Wildman–Crippen LogP) is 3.14. The molecule has 6 nitrogen and oxygen atoms in total. The normalized spacial score (nSPS) is 14.2. The third-order valence-electron chi connectivity index (χ3n) is 2.93. The first-order valence-electron chi connectivity index (χ1n) is 7.74. The maximum atomic E-state index is 11.8. The minimum absolute atomic E-state index is 0.208. The molecular formula is C17H25N3O3S. The summed E-state index contributed by atoms with van der Waals surface area (Å²) in [5, 5.41) is 3.27. The molecule has 0 bridgehead atoms. The minimum atomic E-state index is -3.31. The number of rotatable bonds is 2. The number of anilines is 1. The molecule has 0 saturated heterocycles. The molecule has 7 heteroatoms. The van der Waals surface area contributed by atoms with Gasteiger partial charge >= 0.3 is 0 Å². The fourth-order valence-corrected chi connectivity index (χ4v) is 2.68. The standard InChI is InChI=1S/C17H25N3O3S/c1-16(2,3)19-14-15(20-17(4,5)6)23-13-9-8-11(24(7,21)22)10-12(13)18-14/h8-10H,1-7H3,(H,18,19). The van der Waals surface area contributed by atoms with E-state index in [1.165, 1.54) is 18.4 Å². The maximum Gasteiger partial charge on any atom is 0.258 e. The Labute approximate surface area is 142 Å². The van der Waals surface area contributed by atoms with Crippen LogP contribution in [-0.2, 0) is 9.84 Å². The zero-order chi connectivity index (χ0) is 18.3. The van der Waals surface area contributed by atoms with Gasteiger partial charge in [0.1, 0.15) is 5.52 Å². The summed E-state index contributed by atoms with van der Waals surface area (Å²) < 4.78 is 29.4. The molecule has 0 radical (unpaired) electrons. The molecule has 1 aromatic heterocycles. The van der Waals surface area contributed by atoms with Gasteiger partial charge in [-0.2, -0.15) is 0 Å². The first-order chi connectivity index (χ1) is 10.7. The average molecular weight is 351 g/mol. The molecule has 0 spiro atoms. The third-order valence-corrected chi connectivity index (χ3v) is 4.04. The zero-order valence-corrected chi connectivity index (χ0v) is 16.1. The van der Waals surface area contributed by atoms with Gasteiger partial charge in [0, 0.05) is 11.8 Å². The lowest BCUT2D eigenvalue weighted by Crippen LogP contribution is -2.31. The van der Waals surface area contributed by atoms with Gasteiger partial charge in [-0.25, -0.2) is 18.4 Å². The summed E-state index contributed by atoms with van der Waals surface area (Å²) >= 11 is 0. The SMILES string of the molecule is CC(C)(C)N=c1oc2ccc(S(C)(=O)=O)cc2nc1NC(C)(C)C. The largest absolute Gasteiger partial charge is 0.434 e. The summed E-state index contributed by atoms with van der Waals surface area (Å²) in [6, 6.07) is 4.64. The van der Waals surface area contributed by atoms with Crippen molar-refractivity contribution in [1.82, 2.24) is 4.98 Å². The molecule has 132 valence electrons. The summed E-state index contributed by atoms with van der Waals surface area (Å²) in [5.74, 6) is 0.496. The van der Waals surface area contributed by atoms with Crippen LogP contribution >= 0.6 is 0 Å². The molecule has 24 heavy (non-hydrogen) atoms. The molecular weight excluding hydrogens is 326 g/mol.